The molecule has 2 nitrogen and oxygen atoms in total. The monoisotopic (exact) mass is 342 g/mol. The van der Waals surface area contributed by atoms with Crippen molar-refractivity contribution in [2.24, 2.45) is 0 Å². The molecule has 0 aliphatic heterocycles. The van der Waals surface area contributed by atoms with Gasteiger partial charge in [-0.2, -0.15) is 0 Å². The van der Waals surface area contributed by atoms with Gasteiger partial charge in [0, 0.05) is 5.56 Å². The van der Waals surface area contributed by atoms with Crippen LogP contribution in [0, 0.1) is 5.82 Å². The van der Waals surface area contributed by atoms with E-state index < -0.39 is 0 Å². The van der Waals surface area contributed by atoms with Gasteiger partial charge in [-0.3, -0.25) is 4.79 Å². The van der Waals surface area contributed by atoms with Crippen molar-refractivity contribution in [1.29, 1.82) is 0 Å². The van der Waals surface area contributed by atoms with Crippen LogP contribution in [0.2, 0.25) is 5.02 Å². The molecule has 0 bridgehead atoms. The SMILES string of the molecule is O=Cc1cc(Cl)c(OCc2cccc(F)c2)c(Br)c1. The van der Waals surface area contributed by atoms with Gasteiger partial charge in [-0.25, -0.2) is 4.39 Å². The standard InChI is InChI=1S/C14H9BrClFO2/c15-12-5-10(7-18)6-13(16)14(12)19-8-9-2-1-3-11(17)4-9/h1-7H,8H2. The van der Waals surface area contributed by atoms with Crippen molar-refractivity contribution >= 4 is 33.8 Å². The van der Waals surface area contributed by atoms with Crippen molar-refractivity contribution in [1.82, 2.24) is 0 Å². The van der Waals surface area contributed by atoms with E-state index in [1.807, 2.05) is 0 Å². The van der Waals surface area contributed by atoms with Gasteiger partial charge in [0.15, 0.2) is 5.75 Å². The summed E-state index contributed by atoms with van der Waals surface area (Å²) in [5.41, 5.74) is 1.15. The van der Waals surface area contributed by atoms with Crippen molar-refractivity contribution in [2.75, 3.05) is 0 Å². The third-order valence-corrected chi connectivity index (χ3v) is 3.30. The Morgan fingerprint density at radius 2 is 2.11 bits per heavy atom. The lowest BCUT2D eigenvalue weighted by Gasteiger charge is -2.10. The Morgan fingerprint density at radius 1 is 1.32 bits per heavy atom. The molecule has 2 aromatic carbocycles. The van der Waals surface area contributed by atoms with E-state index in [-0.39, 0.29) is 12.4 Å². The summed E-state index contributed by atoms with van der Waals surface area (Å²) >= 11 is 9.31. The second-order valence-corrected chi connectivity index (χ2v) is 5.11. The maximum Gasteiger partial charge on any atom is 0.152 e. The molecule has 0 atom stereocenters. The average Bonchev–Trinajstić information content (AvgIpc) is 2.37. The van der Waals surface area contributed by atoms with E-state index >= 15 is 0 Å². The minimum Gasteiger partial charge on any atom is -0.486 e. The molecule has 5 heteroatoms. The average molecular weight is 344 g/mol. The third-order valence-electron chi connectivity index (χ3n) is 2.43. The Bertz CT molecular complexity index is 593. The molecule has 0 saturated heterocycles. The fourth-order valence-electron chi connectivity index (χ4n) is 1.57. The van der Waals surface area contributed by atoms with Crippen LogP contribution in [0.5, 0.6) is 5.75 Å². The molecule has 0 heterocycles. The molecule has 2 aromatic rings. The third kappa shape index (κ3) is 3.55. The summed E-state index contributed by atoms with van der Waals surface area (Å²) in [6.07, 6.45) is 0.701. The lowest BCUT2D eigenvalue weighted by molar-refractivity contribution is 0.112. The Balaban J connectivity index is 2.18. The Morgan fingerprint density at radius 3 is 2.74 bits per heavy atom. The van der Waals surface area contributed by atoms with Gasteiger partial charge in [-0.15, -0.1) is 0 Å². The fourth-order valence-corrected chi connectivity index (χ4v) is 2.56. The summed E-state index contributed by atoms with van der Waals surface area (Å²) in [7, 11) is 0. The molecule has 0 aliphatic rings. The van der Waals surface area contributed by atoms with Gasteiger partial charge in [0.25, 0.3) is 0 Å². The van der Waals surface area contributed by atoms with Crippen LogP contribution in [-0.4, -0.2) is 6.29 Å². The first-order chi connectivity index (χ1) is 9.10. The minimum atomic E-state index is -0.317. The van der Waals surface area contributed by atoms with Crippen LogP contribution in [-0.2, 0) is 6.61 Å². The maximum absolute atomic E-state index is 13.0. The molecule has 0 aliphatic carbocycles. The summed E-state index contributed by atoms with van der Waals surface area (Å²) < 4.78 is 19.1. The topological polar surface area (TPSA) is 26.3 Å². The van der Waals surface area contributed by atoms with E-state index in [1.165, 1.54) is 18.2 Å². The molecule has 0 aromatic heterocycles. The molecule has 0 saturated carbocycles. The molecule has 2 rings (SSSR count). The van der Waals surface area contributed by atoms with Crippen LogP contribution >= 0.6 is 27.5 Å². The Labute approximate surface area is 123 Å². The number of ether oxygens (including phenoxy) is 1. The van der Waals surface area contributed by atoms with Crippen molar-refractivity contribution in [3.05, 3.63) is 62.8 Å². The van der Waals surface area contributed by atoms with Gasteiger partial charge in [-0.05, 0) is 45.8 Å². The van der Waals surface area contributed by atoms with Crippen molar-refractivity contribution in [2.45, 2.75) is 6.61 Å². The number of hydrogen-bond acceptors (Lipinski definition) is 2. The number of aldehydes is 1. The van der Waals surface area contributed by atoms with Crippen LogP contribution in [0.3, 0.4) is 0 Å². The van der Waals surface area contributed by atoms with Crippen LogP contribution in [0.4, 0.5) is 4.39 Å². The van der Waals surface area contributed by atoms with E-state index in [0.717, 1.165) is 0 Å². The highest BCUT2D eigenvalue weighted by molar-refractivity contribution is 9.10. The van der Waals surface area contributed by atoms with Gasteiger partial charge >= 0.3 is 0 Å². The molecule has 0 fully saturated rings. The zero-order valence-electron chi connectivity index (χ0n) is 9.70. The lowest BCUT2D eigenvalue weighted by Crippen LogP contribution is -1.98. The van der Waals surface area contributed by atoms with E-state index in [4.69, 9.17) is 16.3 Å². The Hall–Kier alpha value is -1.39. The summed E-state index contributed by atoms with van der Waals surface area (Å²) in [6.45, 7) is 0.191. The summed E-state index contributed by atoms with van der Waals surface area (Å²) in [5, 5.41) is 0.327. The number of carbonyl (C=O) groups is 1. The van der Waals surface area contributed by atoms with E-state index in [2.05, 4.69) is 15.9 Å². The van der Waals surface area contributed by atoms with Crippen molar-refractivity contribution in [3.8, 4) is 5.75 Å². The molecule has 0 unspecified atom stereocenters. The van der Waals surface area contributed by atoms with E-state index in [9.17, 15) is 9.18 Å². The first kappa shape index (κ1) is 14.0. The number of carbonyl (C=O) groups excluding carboxylic acids is 1. The number of rotatable bonds is 4. The summed E-state index contributed by atoms with van der Waals surface area (Å²) in [4.78, 5) is 10.7. The highest BCUT2D eigenvalue weighted by Gasteiger charge is 2.09. The molecule has 0 radical (unpaired) electrons. The van der Waals surface area contributed by atoms with Crippen molar-refractivity contribution in [3.63, 3.8) is 0 Å². The number of halogens is 3. The molecule has 0 amide bonds. The zero-order chi connectivity index (χ0) is 13.8. The van der Waals surface area contributed by atoms with Crippen LogP contribution < -0.4 is 4.74 Å². The second kappa shape index (κ2) is 6.17. The van der Waals surface area contributed by atoms with Gasteiger partial charge < -0.3 is 4.74 Å². The van der Waals surface area contributed by atoms with Crippen molar-refractivity contribution < 1.29 is 13.9 Å². The minimum absolute atomic E-state index is 0.191. The smallest absolute Gasteiger partial charge is 0.152 e. The quantitative estimate of drug-likeness (QED) is 0.756. The van der Waals surface area contributed by atoms with Gasteiger partial charge in [0.05, 0.1) is 9.50 Å². The fraction of sp³-hybridized carbons (Fsp3) is 0.0714. The Kier molecular flexibility index (Phi) is 4.56. The molecular weight excluding hydrogens is 335 g/mol. The largest absolute Gasteiger partial charge is 0.486 e. The lowest BCUT2D eigenvalue weighted by atomic mass is 10.2. The summed E-state index contributed by atoms with van der Waals surface area (Å²) in [5.74, 6) is 0.110. The zero-order valence-corrected chi connectivity index (χ0v) is 12.0. The predicted molar refractivity (Wildman–Crippen MR) is 75.3 cm³/mol. The molecule has 0 spiro atoms. The normalized spacial score (nSPS) is 10.3. The van der Waals surface area contributed by atoms with E-state index in [0.29, 0.717) is 32.7 Å². The first-order valence-corrected chi connectivity index (χ1v) is 6.58. The van der Waals surface area contributed by atoms with Crippen LogP contribution in [0.25, 0.3) is 0 Å². The molecule has 98 valence electrons. The molecule has 0 N–H and O–H groups in total. The maximum atomic E-state index is 13.0. The van der Waals surface area contributed by atoms with Crippen LogP contribution in [0.15, 0.2) is 40.9 Å². The summed E-state index contributed by atoms with van der Waals surface area (Å²) in [6, 6.07) is 9.25. The predicted octanol–water partition coefficient (Wildman–Crippen LogP) is 4.63. The van der Waals surface area contributed by atoms with Gasteiger partial charge in [-0.1, -0.05) is 23.7 Å². The number of benzene rings is 2. The highest BCUT2D eigenvalue weighted by atomic mass is 79.9. The first-order valence-electron chi connectivity index (χ1n) is 5.41. The van der Waals surface area contributed by atoms with Crippen LogP contribution in [0.1, 0.15) is 15.9 Å². The molecule has 19 heavy (non-hydrogen) atoms. The molecular formula is C14H9BrClFO2. The second-order valence-electron chi connectivity index (χ2n) is 3.85. The number of hydrogen-bond donors (Lipinski definition) is 0. The van der Waals surface area contributed by atoms with Gasteiger partial charge in [0.2, 0.25) is 0 Å². The van der Waals surface area contributed by atoms with Gasteiger partial charge in [0.1, 0.15) is 18.7 Å². The highest BCUT2D eigenvalue weighted by Crippen LogP contribution is 2.34. The van der Waals surface area contributed by atoms with E-state index in [1.54, 1.807) is 18.2 Å².